The Morgan fingerprint density at radius 3 is 2.35 bits per heavy atom. The van der Waals surface area contributed by atoms with Crippen LogP contribution in [-0.4, -0.2) is 61.1 Å². The summed E-state index contributed by atoms with van der Waals surface area (Å²) in [5.74, 6) is 0.693. The lowest BCUT2D eigenvalue weighted by Gasteiger charge is -2.35. The molecule has 2 fully saturated rings. The van der Waals surface area contributed by atoms with E-state index in [1.165, 1.54) is 19.3 Å². The van der Waals surface area contributed by atoms with Gasteiger partial charge in [0.2, 0.25) is 5.91 Å². The quantitative estimate of drug-likeness (QED) is 0.774. The monoisotopic (exact) mass is 282 g/mol. The first-order valence-corrected chi connectivity index (χ1v) is 8.29. The highest BCUT2D eigenvalue weighted by atomic mass is 16.5. The first-order valence-electron chi connectivity index (χ1n) is 8.29. The van der Waals surface area contributed by atoms with Crippen LogP contribution in [0.15, 0.2) is 0 Å². The van der Waals surface area contributed by atoms with E-state index in [0.29, 0.717) is 12.0 Å². The predicted octanol–water partition coefficient (Wildman–Crippen LogP) is 2.14. The summed E-state index contributed by atoms with van der Waals surface area (Å²) in [5.41, 5.74) is 0. The smallest absolute Gasteiger partial charge is 0.225 e. The number of ether oxygens (including phenoxy) is 1. The van der Waals surface area contributed by atoms with Gasteiger partial charge in [0.05, 0.1) is 12.7 Å². The number of nitrogens with zero attached hydrogens (tertiary/aromatic N) is 2. The molecular formula is C16H30N2O2. The number of carbonyl (C=O) groups excluding carboxylic acids is 1. The van der Waals surface area contributed by atoms with Crippen molar-refractivity contribution in [2.24, 2.45) is 5.92 Å². The molecule has 4 nitrogen and oxygen atoms in total. The lowest BCUT2D eigenvalue weighted by molar-refractivity contribution is -0.138. The largest absolute Gasteiger partial charge is 0.377 e. The summed E-state index contributed by atoms with van der Waals surface area (Å²) in [6.45, 7) is 10.0. The van der Waals surface area contributed by atoms with E-state index in [0.717, 1.165) is 52.2 Å². The molecule has 2 aliphatic rings. The molecule has 0 aromatic rings. The minimum atomic E-state index is 0.273. The van der Waals surface area contributed by atoms with Gasteiger partial charge >= 0.3 is 0 Å². The van der Waals surface area contributed by atoms with Crippen LogP contribution >= 0.6 is 0 Å². The maximum Gasteiger partial charge on any atom is 0.225 e. The lowest BCUT2D eigenvalue weighted by Crippen LogP contribution is -2.44. The molecule has 1 amide bonds. The van der Waals surface area contributed by atoms with Gasteiger partial charge in [-0.2, -0.15) is 0 Å². The molecule has 2 aliphatic heterocycles. The van der Waals surface area contributed by atoms with E-state index in [4.69, 9.17) is 4.74 Å². The average Bonchev–Trinajstić information content (AvgIpc) is 2.48. The van der Waals surface area contributed by atoms with Crippen molar-refractivity contribution >= 4 is 5.91 Å². The fraction of sp³-hybridized carbons (Fsp3) is 0.938. The molecule has 0 spiro atoms. The summed E-state index contributed by atoms with van der Waals surface area (Å²) in [7, 11) is 0. The number of amides is 1. The molecule has 0 radical (unpaired) electrons. The molecule has 4 heteroatoms. The van der Waals surface area contributed by atoms with E-state index >= 15 is 0 Å². The summed E-state index contributed by atoms with van der Waals surface area (Å²) in [4.78, 5) is 17.0. The maximum atomic E-state index is 12.4. The van der Waals surface area contributed by atoms with E-state index in [-0.39, 0.29) is 5.92 Å². The van der Waals surface area contributed by atoms with Crippen molar-refractivity contribution in [2.75, 3.05) is 39.3 Å². The normalized spacial score (nSPS) is 22.4. The number of rotatable bonds is 5. The van der Waals surface area contributed by atoms with Crippen LogP contribution in [0.2, 0.25) is 0 Å². The topological polar surface area (TPSA) is 32.8 Å². The summed E-state index contributed by atoms with van der Waals surface area (Å²) in [6, 6.07) is 0. The van der Waals surface area contributed by atoms with E-state index in [9.17, 15) is 4.79 Å². The zero-order chi connectivity index (χ0) is 14.4. The van der Waals surface area contributed by atoms with Crippen LogP contribution in [0.5, 0.6) is 0 Å². The molecule has 116 valence electrons. The Balaban J connectivity index is 1.66. The maximum absolute atomic E-state index is 12.4. The predicted molar refractivity (Wildman–Crippen MR) is 80.7 cm³/mol. The molecule has 0 bridgehead atoms. The highest BCUT2D eigenvalue weighted by molar-refractivity contribution is 5.79. The number of hydrogen-bond acceptors (Lipinski definition) is 3. The van der Waals surface area contributed by atoms with Gasteiger partial charge in [-0.3, -0.25) is 4.79 Å². The van der Waals surface area contributed by atoms with Crippen molar-refractivity contribution in [3.8, 4) is 0 Å². The van der Waals surface area contributed by atoms with Crippen molar-refractivity contribution in [1.82, 2.24) is 9.80 Å². The second-order valence-corrected chi connectivity index (χ2v) is 6.42. The van der Waals surface area contributed by atoms with Crippen LogP contribution in [0.4, 0.5) is 0 Å². The van der Waals surface area contributed by atoms with E-state index in [1.54, 1.807) is 0 Å². The van der Waals surface area contributed by atoms with Crippen LogP contribution in [0.1, 0.15) is 46.0 Å². The molecule has 0 unspecified atom stereocenters. The van der Waals surface area contributed by atoms with Crippen molar-refractivity contribution in [3.05, 3.63) is 0 Å². The first-order chi connectivity index (χ1) is 9.66. The molecule has 2 rings (SSSR count). The third-order valence-corrected chi connectivity index (χ3v) is 4.46. The van der Waals surface area contributed by atoms with Crippen molar-refractivity contribution in [3.63, 3.8) is 0 Å². The molecule has 0 aliphatic carbocycles. The van der Waals surface area contributed by atoms with Gasteiger partial charge in [-0.15, -0.1) is 0 Å². The Kier molecular flexibility index (Phi) is 6.30. The summed E-state index contributed by atoms with van der Waals surface area (Å²) in [5, 5.41) is 0. The Labute approximate surface area is 123 Å². The average molecular weight is 282 g/mol. The Morgan fingerprint density at radius 2 is 1.75 bits per heavy atom. The fourth-order valence-corrected chi connectivity index (χ4v) is 3.19. The highest BCUT2D eigenvalue weighted by Crippen LogP contribution is 2.21. The third kappa shape index (κ3) is 4.74. The number of likely N-dealkylation sites (tertiary alicyclic amines) is 2. The van der Waals surface area contributed by atoms with Crippen LogP contribution in [0.25, 0.3) is 0 Å². The van der Waals surface area contributed by atoms with Gasteiger partial charge < -0.3 is 14.5 Å². The zero-order valence-corrected chi connectivity index (χ0v) is 13.1. The van der Waals surface area contributed by atoms with Gasteiger partial charge in [0, 0.05) is 25.6 Å². The van der Waals surface area contributed by atoms with Crippen LogP contribution in [-0.2, 0) is 9.53 Å². The van der Waals surface area contributed by atoms with Gasteiger partial charge in [0.25, 0.3) is 0 Å². The fourth-order valence-electron chi connectivity index (χ4n) is 3.19. The number of hydrogen-bond donors (Lipinski definition) is 0. The zero-order valence-electron chi connectivity index (χ0n) is 13.1. The van der Waals surface area contributed by atoms with Crippen molar-refractivity contribution in [1.29, 1.82) is 0 Å². The second-order valence-electron chi connectivity index (χ2n) is 6.42. The molecule has 20 heavy (non-hydrogen) atoms. The van der Waals surface area contributed by atoms with Crippen LogP contribution in [0, 0.1) is 5.92 Å². The molecule has 0 saturated carbocycles. The molecule has 0 atom stereocenters. The van der Waals surface area contributed by atoms with Crippen molar-refractivity contribution < 1.29 is 9.53 Å². The minimum Gasteiger partial charge on any atom is -0.377 e. The van der Waals surface area contributed by atoms with Gasteiger partial charge in [-0.1, -0.05) is 0 Å². The summed E-state index contributed by atoms with van der Waals surface area (Å²) < 4.78 is 5.60. The third-order valence-electron chi connectivity index (χ3n) is 4.46. The highest BCUT2D eigenvalue weighted by Gasteiger charge is 2.28. The van der Waals surface area contributed by atoms with Gasteiger partial charge in [0.1, 0.15) is 0 Å². The van der Waals surface area contributed by atoms with E-state index in [1.807, 2.05) is 0 Å². The van der Waals surface area contributed by atoms with E-state index in [2.05, 4.69) is 23.6 Å². The standard InChI is InChI=1S/C16H30N2O2/c1-14(2)20-13-12-17-10-6-15(7-11-17)16(19)18-8-4-3-5-9-18/h14-15H,3-13H2,1-2H3. The van der Waals surface area contributed by atoms with Crippen molar-refractivity contribution in [2.45, 2.75) is 52.1 Å². The second kappa shape index (κ2) is 7.99. The Hall–Kier alpha value is -0.610. The van der Waals surface area contributed by atoms with Gasteiger partial charge in [-0.05, 0) is 59.0 Å². The minimum absolute atomic E-state index is 0.273. The van der Waals surface area contributed by atoms with Crippen LogP contribution < -0.4 is 0 Å². The Bertz CT molecular complexity index is 293. The summed E-state index contributed by atoms with van der Waals surface area (Å²) in [6.07, 6.45) is 6.04. The van der Waals surface area contributed by atoms with Crippen LogP contribution in [0.3, 0.4) is 0 Å². The Morgan fingerprint density at radius 1 is 1.10 bits per heavy atom. The van der Waals surface area contributed by atoms with E-state index < -0.39 is 0 Å². The molecule has 2 saturated heterocycles. The molecular weight excluding hydrogens is 252 g/mol. The van der Waals surface area contributed by atoms with Gasteiger partial charge in [-0.25, -0.2) is 0 Å². The van der Waals surface area contributed by atoms with Gasteiger partial charge in [0.15, 0.2) is 0 Å². The molecule has 0 aromatic carbocycles. The molecule has 2 heterocycles. The first kappa shape index (κ1) is 15.8. The lowest BCUT2D eigenvalue weighted by atomic mass is 9.94. The molecule has 0 N–H and O–H groups in total. The SMILES string of the molecule is CC(C)OCCN1CCC(C(=O)N2CCCCC2)CC1. The molecule has 0 aromatic heterocycles. The number of piperidine rings is 2. The number of carbonyl (C=O) groups is 1. The summed E-state index contributed by atoms with van der Waals surface area (Å²) >= 11 is 0.